The molecular weight excluding hydrogens is 238 g/mol. The summed E-state index contributed by atoms with van der Waals surface area (Å²) >= 11 is 1.64. The molecule has 1 aromatic heterocycles. The Bertz CT molecular complexity index is 362. The molecule has 0 saturated heterocycles. The van der Waals surface area contributed by atoms with E-state index in [0.29, 0.717) is 12.8 Å². The zero-order valence-electron chi connectivity index (χ0n) is 9.81. The van der Waals surface area contributed by atoms with Crippen LogP contribution in [0.5, 0.6) is 0 Å². The highest BCUT2D eigenvalue weighted by Gasteiger charge is 2.09. The first-order valence-corrected chi connectivity index (χ1v) is 6.49. The first-order valence-electron chi connectivity index (χ1n) is 5.61. The van der Waals surface area contributed by atoms with Crippen molar-refractivity contribution >= 4 is 23.2 Å². The van der Waals surface area contributed by atoms with Crippen molar-refractivity contribution in [3.8, 4) is 0 Å². The highest BCUT2D eigenvalue weighted by molar-refractivity contribution is 7.09. The van der Waals surface area contributed by atoms with Gasteiger partial charge in [-0.2, -0.15) is 0 Å². The minimum atomic E-state index is -0.829. The fourth-order valence-electron chi connectivity index (χ4n) is 1.45. The summed E-state index contributed by atoms with van der Waals surface area (Å²) in [6.07, 6.45) is 1.76. The molecule has 1 atom stereocenters. The molecule has 0 aliphatic carbocycles. The van der Waals surface area contributed by atoms with E-state index >= 15 is 0 Å². The number of hydrogen-bond donors (Lipinski definition) is 2. The number of hydrogen-bond acceptors (Lipinski definition) is 3. The second kappa shape index (κ2) is 7.06. The molecule has 5 heteroatoms. The first-order chi connectivity index (χ1) is 8.08. The number of carbonyl (C=O) groups excluding carboxylic acids is 1. The zero-order valence-corrected chi connectivity index (χ0v) is 10.6. The summed E-state index contributed by atoms with van der Waals surface area (Å²) in [4.78, 5) is 23.1. The molecule has 1 rings (SSSR count). The fraction of sp³-hybridized carbons (Fsp3) is 0.500. The van der Waals surface area contributed by atoms with Crippen LogP contribution >= 0.6 is 11.3 Å². The molecule has 1 amide bonds. The normalized spacial score (nSPS) is 12.1. The number of aryl methyl sites for hydroxylation is 1. The van der Waals surface area contributed by atoms with Crippen molar-refractivity contribution < 1.29 is 14.7 Å². The standard InChI is InChI=1S/C12H17NO3S/c1-9(4-7-12(15)16)13-11(14)6-5-10-3-2-8-17-10/h2-3,8-9H,4-7H2,1H3,(H,13,14)(H,15,16). The van der Waals surface area contributed by atoms with Crippen molar-refractivity contribution in [2.75, 3.05) is 0 Å². The van der Waals surface area contributed by atoms with E-state index in [1.54, 1.807) is 11.3 Å². The molecule has 0 spiro atoms. The monoisotopic (exact) mass is 255 g/mol. The van der Waals surface area contributed by atoms with Crippen LogP contribution in [0.15, 0.2) is 17.5 Å². The lowest BCUT2D eigenvalue weighted by Gasteiger charge is -2.12. The van der Waals surface area contributed by atoms with Gasteiger partial charge in [-0.3, -0.25) is 9.59 Å². The molecule has 0 fully saturated rings. The Hall–Kier alpha value is -1.36. The Morgan fingerprint density at radius 1 is 1.47 bits per heavy atom. The molecule has 0 aliphatic rings. The predicted molar refractivity (Wildman–Crippen MR) is 67.1 cm³/mol. The van der Waals surface area contributed by atoms with E-state index < -0.39 is 5.97 Å². The van der Waals surface area contributed by atoms with Crippen LogP contribution in [0.1, 0.15) is 31.1 Å². The summed E-state index contributed by atoms with van der Waals surface area (Å²) in [5.41, 5.74) is 0. The van der Waals surface area contributed by atoms with Gasteiger partial charge in [-0.25, -0.2) is 0 Å². The predicted octanol–water partition coefficient (Wildman–Crippen LogP) is 2.05. The molecule has 1 unspecified atom stereocenters. The second-order valence-corrected chi connectivity index (χ2v) is 5.01. The lowest BCUT2D eigenvalue weighted by Crippen LogP contribution is -2.33. The number of nitrogens with one attached hydrogen (secondary N) is 1. The Kier molecular flexibility index (Phi) is 5.69. The van der Waals surface area contributed by atoms with Gasteiger partial charge >= 0.3 is 5.97 Å². The molecule has 1 heterocycles. The minimum absolute atomic E-state index is 0.0173. The van der Waals surface area contributed by atoms with Crippen LogP contribution in [0.3, 0.4) is 0 Å². The van der Waals surface area contributed by atoms with Crippen molar-refractivity contribution in [1.82, 2.24) is 5.32 Å². The third-order valence-electron chi connectivity index (χ3n) is 2.38. The zero-order chi connectivity index (χ0) is 12.7. The maximum atomic E-state index is 11.5. The Morgan fingerprint density at radius 2 is 2.24 bits per heavy atom. The SMILES string of the molecule is CC(CCC(=O)O)NC(=O)CCc1cccs1. The minimum Gasteiger partial charge on any atom is -0.481 e. The molecule has 0 saturated carbocycles. The van der Waals surface area contributed by atoms with Gasteiger partial charge in [0.25, 0.3) is 0 Å². The molecule has 17 heavy (non-hydrogen) atoms. The quantitative estimate of drug-likeness (QED) is 0.783. The van der Waals surface area contributed by atoms with E-state index in [9.17, 15) is 9.59 Å². The number of carboxylic acids is 1. The molecule has 94 valence electrons. The first kappa shape index (κ1) is 13.7. The van der Waals surface area contributed by atoms with Crippen LogP contribution in [0.25, 0.3) is 0 Å². The number of carbonyl (C=O) groups is 2. The molecule has 0 radical (unpaired) electrons. The summed E-state index contributed by atoms with van der Waals surface area (Å²) in [5.74, 6) is -0.846. The number of rotatable bonds is 7. The van der Waals surface area contributed by atoms with E-state index in [-0.39, 0.29) is 18.4 Å². The summed E-state index contributed by atoms with van der Waals surface area (Å²) in [7, 11) is 0. The largest absolute Gasteiger partial charge is 0.481 e. The number of aliphatic carboxylic acids is 1. The molecule has 1 aromatic rings. The highest BCUT2D eigenvalue weighted by atomic mass is 32.1. The van der Waals surface area contributed by atoms with Gasteiger partial charge in [0.1, 0.15) is 0 Å². The van der Waals surface area contributed by atoms with Gasteiger partial charge in [-0.15, -0.1) is 11.3 Å². The van der Waals surface area contributed by atoms with Crippen LogP contribution in [0.2, 0.25) is 0 Å². The maximum Gasteiger partial charge on any atom is 0.303 e. The molecular formula is C12H17NO3S. The Labute approximate surface area is 105 Å². The smallest absolute Gasteiger partial charge is 0.303 e. The van der Waals surface area contributed by atoms with Gasteiger partial charge in [0.05, 0.1) is 0 Å². The topological polar surface area (TPSA) is 66.4 Å². The maximum absolute atomic E-state index is 11.5. The number of thiophene rings is 1. The lowest BCUT2D eigenvalue weighted by atomic mass is 10.1. The molecule has 0 aliphatic heterocycles. The van der Waals surface area contributed by atoms with Gasteiger partial charge < -0.3 is 10.4 Å². The fourth-order valence-corrected chi connectivity index (χ4v) is 2.16. The van der Waals surface area contributed by atoms with E-state index in [1.807, 2.05) is 24.4 Å². The molecule has 2 N–H and O–H groups in total. The van der Waals surface area contributed by atoms with Crippen molar-refractivity contribution in [2.45, 2.75) is 38.6 Å². The summed E-state index contributed by atoms with van der Waals surface area (Å²) in [6.45, 7) is 1.83. The van der Waals surface area contributed by atoms with Gasteiger partial charge in [-0.1, -0.05) is 6.07 Å². The third kappa shape index (κ3) is 6.06. The van der Waals surface area contributed by atoms with E-state index in [0.717, 1.165) is 6.42 Å². The second-order valence-electron chi connectivity index (χ2n) is 3.98. The summed E-state index contributed by atoms with van der Waals surface area (Å²) in [5, 5.41) is 13.3. The van der Waals surface area contributed by atoms with Gasteiger partial charge in [-0.05, 0) is 31.2 Å². The van der Waals surface area contributed by atoms with Crippen LogP contribution in [-0.4, -0.2) is 23.0 Å². The molecule has 0 bridgehead atoms. The summed E-state index contributed by atoms with van der Waals surface area (Å²) < 4.78 is 0. The highest BCUT2D eigenvalue weighted by Crippen LogP contribution is 2.10. The van der Waals surface area contributed by atoms with Crippen LogP contribution in [0, 0.1) is 0 Å². The lowest BCUT2D eigenvalue weighted by molar-refractivity contribution is -0.137. The van der Waals surface area contributed by atoms with Crippen molar-refractivity contribution in [3.05, 3.63) is 22.4 Å². The van der Waals surface area contributed by atoms with E-state index in [4.69, 9.17) is 5.11 Å². The Morgan fingerprint density at radius 3 is 2.82 bits per heavy atom. The van der Waals surface area contributed by atoms with E-state index in [1.165, 1.54) is 4.88 Å². The van der Waals surface area contributed by atoms with Crippen molar-refractivity contribution in [1.29, 1.82) is 0 Å². The van der Waals surface area contributed by atoms with Crippen LogP contribution < -0.4 is 5.32 Å². The third-order valence-corrected chi connectivity index (χ3v) is 3.31. The van der Waals surface area contributed by atoms with Gasteiger partial charge in [0.15, 0.2) is 0 Å². The van der Waals surface area contributed by atoms with Crippen molar-refractivity contribution in [2.24, 2.45) is 0 Å². The van der Waals surface area contributed by atoms with Gasteiger partial charge in [0.2, 0.25) is 5.91 Å². The van der Waals surface area contributed by atoms with Gasteiger partial charge in [0, 0.05) is 23.8 Å². The van der Waals surface area contributed by atoms with E-state index in [2.05, 4.69) is 5.32 Å². The molecule has 0 aromatic carbocycles. The molecule has 4 nitrogen and oxygen atoms in total. The number of amides is 1. The summed E-state index contributed by atoms with van der Waals surface area (Å²) in [6, 6.07) is 3.89. The average Bonchev–Trinajstić information content (AvgIpc) is 2.76. The Balaban J connectivity index is 2.18. The van der Waals surface area contributed by atoms with Crippen LogP contribution in [0.4, 0.5) is 0 Å². The average molecular weight is 255 g/mol. The van der Waals surface area contributed by atoms with Crippen molar-refractivity contribution in [3.63, 3.8) is 0 Å². The van der Waals surface area contributed by atoms with Crippen LogP contribution in [-0.2, 0) is 16.0 Å². The number of carboxylic acid groups (broad SMARTS) is 1.